The minimum atomic E-state index is 0.820. The van der Waals surface area contributed by atoms with Gasteiger partial charge in [-0.15, -0.1) is 5.10 Å². The zero-order valence-electron chi connectivity index (χ0n) is 10.9. The van der Waals surface area contributed by atoms with E-state index in [2.05, 4.69) is 22.4 Å². The van der Waals surface area contributed by atoms with E-state index in [-0.39, 0.29) is 0 Å². The van der Waals surface area contributed by atoms with E-state index in [0.717, 1.165) is 29.9 Å². The molecule has 3 heteroatoms. The number of rotatable bonds is 4. The van der Waals surface area contributed by atoms with E-state index < -0.39 is 0 Å². The van der Waals surface area contributed by atoms with Gasteiger partial charge in [-0.3, -0.25) is 0 Å². The van der Waals surface area contributed by atoms with E-state index in [9.17, 15) is 0 Å². The molecule has 1 fully saturated rings. The lowest BCUT2D eigenvalue weighted by molar-refractivity contribution is 0.278. The smallest absolute Gasteiger partial charge is 0.148 e. The Labute approximate surface area is 104 Å². The Morgan fingerprint density at radius 2 is 1.82 bits per heavy atom. The van der Waals surface area contributed by atoms with Gasteiger partial charge in [0.15, 0.2) is 0 Å². The number of nitrogens with zero attached hydrogens (tertiary/aromatic N) is 2. The standard InChI is InChI=1S/C14H23N3/c1-3-12-5-7-13(8-6-12)10-15-14-9-4-11(2)16-17-14/h4,9,12-13H,3,5-8,10H2,1-2H3,(H,15,17). The summed E-state index contributed by atoms with van der Waals surface area (Å²) < 4.78 is 0. The van der Waals surface area contributed by atoms with Crippen LogP contribution in [0.4, 0.5) is 5.82 Å². The van der Waals surface area contributed by atoms with E-state index in [1.165, 1.54) is 32.1 Å². The third-order valence-corrected chi connectivity index (χ3v) is 3.91. The highest BCUT2D eigenvalue weighted by Crippen LogP contribution is 2.30. The van der Waals surface area contributed by atoms with Crippen molar-refractivity contribution < 1.29 is 0 Å². The summed E-state index contributed by atoms with van der Waals surface area (Å²) in [5, 5.41) is 11.6. The quantitative estimate of drug-likeness (QED) is 0.866. The number of anilines is 1. The molecule has 1 aromatic rings. The van der Waals surface area contributed by atoms with Crippen LogP contribution >= 0.6 is 0 Å². The molecule has 0 unspecified atom stereocenters. The summed E-state index contributed by atoms with van der Waals surface area (Å²) in [4.78, 5) is 0. The van der Waals surface area contributed by atoms with Crippen LogP contribution in [0.5, 0.6) is 0 Å². The van der Waals surface area contributed by atoms with Gasteiger partial charge >= 0.3 is 0 Å². The molecule has 1 N–H and O–H groups in total. The fourth-order valence-corrected chi connectivity index (χ4v) is 2.59. The third-order valence-electron chi connectivity index (χ3n) is 3.91. The lowest BCUT2D eigenvalue weighted by atomic mass is 9.81. The average molecular weight is 233 g/mol. The monoisotopic (exact) mass is 233 g/mol. The lowest BCUT2D eigenvalue weighted by Crippen LogP contribution is -2.21. The van der Waals surface area contributed by atoms with E-state index in [1.54, 1.807) is 0 Å². The zero-order chi connectivity index (χ0) is 12.1. The van der Waals surface area contributed by atoms with Gasteiger partial charge in [0.2, 0.25) is 0 Å². The summed E-state index contributed by atoms with van der Waals surface area (Å²) >= 11 is 0. The maximum absolute atomic E-state index is 4.13. The van der Waals surface area contributed by atoms with Crippen molar-refractivity contribution in [3.05, 3.63) is 17.8 Å². The van der Waals surface area contributed by atoms with Gasteiger partial charge < -0.3 is 5.32 Å². The first-order chi connectivity index (χ1) is 8.28. The number of nitrogens with one attached hydrogen (secondary N) is 1. The largest absolute Gasteiger partial charge is 0.368 e. The molecule has 0 radical (unpaired) electrons. The third kappa shape index (κ3) is 3.69. The number of hydrogen-bond acceptors (Lipinski definition) is 3. The molecule has 1 aliphatic carbocycles. The molecule has 17 heavy (non-hydrogen) atoms. The predicted octanol–water partition coefficient (Wildman–Crippen LogP) is 3.41. The molecule has 2 rings (SSSR count). The van der Waals surface area contributed by atoms with E-state index >= 15 is 0 Å². The predicted molar refractivity (Wildman–Crippen MR) is 71.0 cm³/mol. The first kappa shape index (κ1) is 12.3. The highest BCUT2D eigenvalue weighted by molar-refractivity contribution is 5.32. The lowest BCUT2D eigenvalue weighted by Gasteiger charge is -2.27. The van der Waals surface area contributed by atoms with Gasteiger partial charge in [0.05, 0.1) is 5.69 Å². The molecule has 1 heterocycles. The highest BCUT2D eigenvalue weighted by Gasteiger charge is 2.19. The van der Waals surface area contributed by atoms with Crippen molar-refractivity contribution in [3.63, 3.8) is 0 Å². The van der Waals surface area contributed by atoms with Gasteiger partial charge in [-0.05, 0) is 43.7 Å². The summed E-state index contributed by atoms with van der Waals surface area (Å²) in [6.07, 6.45) is 6.89. The number of hydrogen-bond donors (Lipinski definition) is 1. The topological polar surface area (TPSA) is 37.8 Å². The number of aromatic nitrogens is 2. The van der Waals surface area contributed by atoms with Crippen LogP contribution in [0.1, 0.15) is 44.7 Å². The van der Waals surface area contributed by atoms with Crippen LogP contribution in [-0.2, 0) is 0 Å². The first-order valence-electron chi connectivity index (χ1n) is 6.82. The molecule has 0 bridgehead atoms. The van der Waals surface area contributed by atoms with Crippen LogP contribution in [0.3, 0.4) is 0 Å². The molecule has 0 saturated heterocycles. The summed E-state index contributed by atoms with van der Waals surface area (Å²) in [6.45, 7) is 5.32. The number of aryl methyl sites for hydroxylation is 1. The van der Waals surface area contributed by atoms with Gasteiger partial charge in [0.25, 0.3) is 0 Å². The molecular formula is C14H23N3. The summed E-state index contributed by atoms with van der Waals surface area (Å²) in [6, 6.07) is 4.02. The normalized spacial score (nSPS) is 24.6. The van der Waals surface area contributed by atoms with Crippen molar-refractivity contribution in [2.45, 2.75) is 46.0 Å². The second kappa shape index (κ2) is 5.99. The SMILES string of the molecule is CCC1CCC(CNc2ccc(C)nn2)CC1. The Balaban J connectivity index is 1.74. The Kier molecular flexibility index (Phi) is 4.35. The maximum atomic E-state index is 4.13. The Bertz CT molecular complexity index is 326. The van der Waals surface area contributed by atoms with Crippen LogP contribution < -0.4 is 5.32 Å². The van der Waals surface area contributed by atoms with E-state index in [0.29, 0.717) is 0 Å². The Hall–Kier alpha value is -1.12. The molecule has 3 nitrogen and oxygen atoms in total. The fraction of sp³-hybridized carbons (Fsp3) is 0.714. The molecule has 0 spiro atoms. The maximum Gasteiger partial charge on any atom is 0.148 e. The van der Waals surface area contributed by atoms with Gasteiger partial charge in [-0.1, -0.05) is 26.2 Å². The van der Waals surface area contributed by atoms with Crippen molar-refractivity contribution in [3.8, 4) is 0 Å². The molecule has 0 atom stereocenters. The summed E-state index contributed by atoms with van der Waals surface area (Å²) in [7, 11) is 0. The van der Waals surface area contributed by atoms with Crippen molar-refractivity contribution in [1.82, 2.24) is 10.2 Å². The van der Waals surface area contributed by atoms with Crippen LogP contribution in [0.25, 0.3) is 0 Å². The molecule has 94 valence electrons. The van der Waals surface area contributed by atoms with Crippen LogP contribution in [0, 0.1) is 18.8 Å². The molecular weight excluding hydrogens is 210 g/mol. The van der Waals surface area contributed by atoms with Crippen LogP contribution in [0.15, 0.2) is 12.1 Å². The van der Waals surface area contributed by atoms with Crippen molar-refractivity contribution in [2.75, 3.05) is 11.9 Å². The minimum absolute atomic E-state index is 0.820. The fourth-order valence-electron chi connectivity index (χ4n) is 2.59. The van der Waals surface area contributed by atoms with Gasteiger partial charge in [0.1, 0.15) is 5.82 Å². The molecule has 0 aromatic carbocycles. The highest BCUT2D eigenvalue weighted by atomic mass is 15.2. The second-order valence-corrected chi connectivity index (χ2v) is 5.24. The zero-order valence-corrected chi connectivity index (χ0v) is 10.9. The van der Waals surface area contributed by atoms with Gasteiger partial charge in [-0.2, -0.15) is 5.10 Å². The van der Waals surface area contributed by atoms with E-state index in [1.807, 2.05) is 19.1 Å². The Morgan fingerprint density at radius 3 is 2.41 bits per heavy atom. The minimum Gasteiger partial charge on any atom is -0.368 e. The van der Waals surface area contributed by atoms with E-state index in [4.69, 9.17) is 0 Å². The van der Waals surface area contributed by atoms with Crippen molar-refractivity contribution >= 4 is 5.82 Å². The summed E-state index contributed by atoms with van der Waals surface area (Å²) in [5.41, 5.74) is 0.971. The average Bonchev–Trinajstić information content (AvgIpc) is 2.39. The first-order valence-corrected chi connectivity index (χ1v) is 6.82. The van der Waals surface area contributed by atoms with Crippen molar-refractivity contribution in [1.29, 1.82) is 0 Å². The van der Waals surface area contributed by atoms with Crippen molar-refractivity contribution in [2.24, 2.45) is 11.8 Å². The molecule has 1 aliphatic rings. The molecule has 0 aliphatic heterocycles. The Morgan fingerprint density at radius 1 is 1.12 bits per heavy atom. The van der Waals surface area contributed by atoms with Crippen LogP contribution in [-0.4, -0.2) is 16.7 Å². The van der Waals surface area contributed by atoms with Gasteiger partial charge in [0, 0.05) is 6.54 Å². The molecule has 1 saturated carbocycles. The summed E-state index contributed by atoms with van der Waals surface area (Å²) in [5.74, 6) is 2.71. The molecule has 1 aromatic heterocycles. The second-order valence-electron chi connectivity index (χ2n) is 5.24. The van der Waals surface area contributed by atoms with Crippen LogP contribution in [0.2, 0.25) is 0 Å². The molecule has 0 amide bonds. The van der Waals surface area contributed by atoms with Gasteiger partial charge in [-0.25, -0.2) is 0 Å².